The Hall–Kier alpha value is -2.94. The Labute approximate surface area is 177 Å². The van der Waals surface area contributed by atoms with E-state index in [1.165, 1.54) is 12.1 Å². The third-order valence-corrected chi connectivity index (χ3v) is 5.76. The van der Waals surface area contributed by atoms with E-state index in [-0.39, 0.29) is 16.1 Å². The normalized spacial score (nSPS) is 11.7. The topological polar surface area (TPSA) is 129 Å². The average Bonchev–Trinajstić information content (AvgIpc) is 2.67. The first-order valence-electron chi connectivity index (χ1n) is 8.45. The van der Waals surface area contributed by atoms with Crippen LogP contribution in [0.1, 0.15) is 21.5 Å². The molecule has 148 valence electrons. The number of benzene rings is 3. The van der Waals surface area contributed by atoms with Crippen molar-refractivity contribution in [2.24, 2.45) is 10.9 Å². The summed E-state index contributed by atoms with van der Waals surface area (Å²) < 4.78 is 23.9. The highest BCUT2D eigenvalue weighted by Gasteiger charge is 2.14. The number of anilines is 1. The number of rotatable bonds is 5. The molecule has 29 heavy (non-hydrogen) atoms. The minimum absolute atomic E-state index is 0.0127. The number of amides is 1. The fourth-order valence-electron chi connectivity index (χ4n) is 2.81. The molecule has 0 fully saturated rings. The fourth-order valence-corrected chi connectivity index (χ4v) is 3.58. The maximum absolute atomic E-state index is 11.9. The molecule has 0 radical (unpaired) electrons. The average molecular weight is 472 g/mol. The summed E-state index contributed by atoms with van der Waals surface area (Å²) in [6.45, 7) is 0. The lowest BCUT2D eigenvalue weighted by atomic mass is 9.96. The molecule has 6 nitrogen and oxygen atoms in total. The molecule has 0 saturated heterocycles. The van der Waals surface area contributed by atoms with E-state index in [9.17, 15) is 13.2 Å². The number of hydrogen-bond donors (Lipinski definition) is 3. The molecule has 3 rings (SSSR count). The standard InChI is InChI=1S/C21H18BrN3O3S/c22-16-7-3-13(4-8-16)1-2-14-11-18(20(23)19(12-14)21(24)26)15-5-9-17(10-6-15)29(25,27)28/h1-12H,23H2,(H2,24,26)(H2,25,27,28)/b2-1+. The van der Waals surface area contributed by atoms with Crippen LogP contribution in [0.3, 0.4) is 0 Å². The van der Waals surface area contributed by atoms with E-state index < -0.39 is 15.9 Å². The SMILES string of the molecule is NC(=O)c1cc(/C=C/c2ccc(Br)cc2)cc(-c2ccc(S(N)(=O)=O)cc2)c1N. The number of sulfonamides is 1. The van der Waals surface area contributed by atoms with Crippen molar-refractivity contribution in [3.63, 3.8) is 0 Å². The zero-order chi connectivity index (χ0) is 21.2. The predicted molar refractivity (Wildman–Crippen MR) is 119 cm³/mol. The molecule has 0 aliphatic heterocycles. The zero-order valence-electron chi connectivity index (χ0n) is 15.2. The largest absolute Gasteiger partial charge is 0.398 e. The summed E-state index contributed by atoms with van der Waals surface area (Å²) in [6.07, 6.45) is 3.74. The Balaban J connectivity index is 2.07. The summed E-state index contributed by atoms with van der Waals surface area (Å²) in [5.74, 6) is -0.649. The van der Waals surface area contributed by atoms with Crippen molar-refractivity contribution in [1.82, 2.24) is 0 Å². The molecule has 0 heterocycles. The van der Waals surface area contributed by atoms with Gasteiger partial charge in [0, 0.05) is 10.0 Å². The number of carbonyl (C=O) groups excluding carboxylic acids is 1. The first-order valence-corrected chi connectivity index (χ1v) is 10.8. The van der Waals surface area contributed by atoms with Crippen LogP contribution in [0, 0.1) is 0 Å². The Morgan fingerprint density at radius 1 is 0.897 bits per heavy atom. The van der Waals surface area contributed by atoms with Gasteiger partial charge in [-0.25, -0.2) is 13.6 Å². The van der Waals surface area contributed by atoms with Crippen LogP contribution in [0.15, 0.2) is 70.0 Å². The van der Waals surface area contributed by atoms with Crippen LogP contribution in [-0.2, 0) is 10.0 Å². The minimum atomic E-state index is -3.80. The maximum Gasteiger partial charge on any atom is 0.250 e. The van der Waals surface area contributed by atoms with Crippen LogP contribution >= 0.6 is 15.9 Å². The monoisotopic (exact) mass is 471 g/mol. The molecule has 0 unspecified atom stereocenters. The fraction of sp³-hybridized carbons (Fsp3) is 0. The van der Waals surface area contributed by atoms with Gasteiger partial charge in [-0.2, -0.15) is 0 Å². The summed E-state index contributed by atoms with van der Waals surface area (Å²) in [5.41, 5.74) is 15.0. The van der Waals surface area contributed by atoms with Crippen molar-refractivity contribution in [2.45, 2.75) is 4.90 Å². The first-order chi connectivity index (χ1) is 13.6. The summed E-state index contributed by atoms with van der Waals surface area (Å²) in [5, 5.41) is 5.14. The first kappa shape index (κ1) is 20.8. The highest BCUT2D eigenvalue weighted by molar-refractivity contribution is 9.10. The molecular weight excluding hydrogens is 454 g/mol. The number of primary amides is 1. The van der Waals surface area contributed by atoms with E-state index in [0.717, 1.165) is 15.6 Å². The summed E-state index contributed by atoms with van der Waals surface area (Å²) in [6, 6.07) is 17.1. The molecule has 3 aromatic rings. The Bertz CT molecular complexity index is 1200. The smallest absolute Gasteiger partial charge is 0.250 e. The van der Waals surface area contributed by atoms with Crippen molar-refractivity contribution < 1.29 is 13.2 Å². The number of nitrogens with two attached hydrogens (primary N) is 3. The molecule has 6 N–H and O–H groups in total. The van der Waals surface area contributed by atoms with Crippen LogP contribution < -0.4 is 16.6 Å². The lowest BCUT2D eigenvalue weighted by Crippen LogP contribution is -2.14. The Kier molecular flexibility index (Phi) is 5.88. The van der Waals surface area contributed by atoms with Gasteiger partial charge in [0.05, 0.1) is 16.1 Å². The summed E-state index contributed by atoms with van der Waals surface area (Å²) in [4.78, 5) is 11.9. The zero-order valence-corrected chi connectivity index (χ0v) is 17.6. The van der Waals surface area contributed by atoms with Crippen molar-refractivity contribution >= 4 is 49.7 Å². The molecule has 0 aliphatic rings. The van der Waals surface area contributed by atoms with E-state index in [1.54, 1.807) is 18.2 Å². The summed E-state index contributed by atoms with van der Waals surface area (Å²) in [7, 11) is -3.80. The van der Waals surface area contributed by atoms with Crippen molar-refractivity contribution in [2.75, 3.05) is 5.73 Å². The predicted octanol–water partition coefficient (Wildman–Crippen LogP) is 3.62. The quantitative estimate of drug-likeness (QED) is 0.387. The molecule has 3 aromatic carbocycles. The molecule has 0 spiro atoms. The van der Waals surface area contributed by atoms with Crippen molar-refractivity contribution in [3.8, 4) is 11.1 Å². The van der Waals surface area contributed by atoms with Gasteiger partial charge in [0.25, 0.3) is 5.91 Å². The highest BCUT2D eigenvalue weighted by Crippen LogP contribution is 2.31. The maximum atomic E-state index is 11.9. The molecule has 0 bridgehead atoms. The molecule has 0 aliphatic carbocycles. The van der Waals surface area contributed by atoms with Gasteiger partial charge in [0.2, 0.25) is 10.0 Å². The number of nitrogen functional groups attached to an aromatic ring is 1. The van der Waals surface area contributed by atoms with Crippen molar-refractivity contribution in [1.29, 1.82) is 0 Å². The lowest BCUT2D eigenvalue weighted by molar-refractivity contribution is 0.100. The van der Waals surface area contributed by atoms with Crippen LogP contribution in [0.25, 0.3) is 23.3 Å². The van der Waals surface area contributed by atoms with Gasteiger partial charge in [-0.05, 0) is 53.1 Å². The Morgan fingerprint density at radius 3 is 2.03 bits per heavy atom. The van der Waals surface area contributed by atoms with Gasteiger partial charge in [0.1, 0.15) is 0 Å². The van der Waals surface area contributed by atoms with E-state index in [2.05, 4.69) is 15.9 Å². The number of carbonyl (C=O) groups is 1. The lowest BCUT2D eigenvalue weighted by Gasteiger charge is -2.12. The van der Waals surface area contributed by atoms with Gasteiger partial charge in [-0.15, -0.1) is 0 Å². The number of halogens is 1. The third-order valence-electron chi connectivity index (χ3n) is 4.30. The number of primary sulfonamides is 1. The van der Waals surface area contributed by atoms with Crippen LogP contribution in [0.4, 0.5) is 5.69 Å². The van der Waals surface area contributed by atoms with Crippen LogP contribution in [0.2, 0.25) is 0 Å². The van der Waals surface area contributed by atoms with E-state index in [4.69, 9.17) is 16.6 Å². The van der Waals surface area contributed by atoms with E-state index in [1.807, 2.05) is 42.5 Å². The number of hydrogen-bond acceptors (Lipinski definition) is 4. The molecule has 8 heteroatoms. The second kappa shape index (κ2) is 8.20. The van der Waals surface area contributed by atoms with Crippen molar-refractivity contribution in [3.05, 3.63) is 81.8 Å². The van der Waals surface area contributed by atoms with Gasteiger partial charge >= 0.3 is 0 Å². The second-order valence-corrected chi connectivity index (χ2v) is 8.83. The molecule has 0 aromatic heterocycles. The van der Waals surface area contributed by atoms with Gasteiger partial charge in [-0.3, -0.25) is 4.79 Å². The minimum Gasteiger partial charge on any atom is -0.398 e. The molecule has 0 saturated carbocycles. The third kappa shape index (κ3) is 4.92. The molecular formula is C21H18BrN3O3S. The molecule has 0 atom stereocenters. The van der Waals surface area contributed by atoms with Gasteiger partial charge < -0.3 is 11.5 Å². The highest BCUT2D eigenvalue weighted by atomic mass is 79.9. The van der Waals surface area contributed by atoms with Gasteiger partial charge in [0.15, 0.2) is 0 Å². The van der Waals surface area contributed by atoms with E-state index >= 15 is 0 Å². The van der Waals surface area contributed by atoms with Crippen LogP contribution in [-0.4, -0.2) is 14.3 Å². The molecule has 1 amide bonds. The summed E-state index contributed by atoms with van der Waals surface area (Å²) >= 11 is 3.39. The Morgan fingerprint density at radius 2 is 1.48 bits per heavy atom. The second-order valence-electron chi connectivity index (χ2n) is 6.35. The van der Waals surface area contributed by atoms with E-state index in [0.29, 0.717) is 11.1 Å². The van der Waals surface area contributed by atoms with Crippen LogP contribution in [0.5, 0.6) is 0 Å². The van der Waals surface area contributed by atoms with Gasteiger partial charge in [-0.1, -0.05) is 52.3 Å².